The Hall–Kier alpha value is -1.32. The summed E-state index contributed by atoms with van der Waals surface area (Å²) in [5, 5.41) is 8.69. The van der Waals surface area contributed by atoms with Crippen LogP contribution in [0.25, 0.3) is 0 Å². The summed E-state index contributed by atoms with van der Waals surface area (Å²) in [6, 6.07) is 0. The number of carboxylic acids is 1. The van der Waals surface area contributed by atoms with Crippen molar-refractivity contribution in [2.45, 2.75) is 52.0 Å². The van der Waals surface area contributed by atoms with Crippen LogP contribution in [-0.4, -0.2) is 20.6 Å². The summed E-state index contributed by atoms with van der Waals surface area (Å²) in [5.74, 6) is -0.957. The van der Waals surface area contributed by atoms with E-state index in [0.717, 1.165) is 13.0 Å². The van der Waals surface area contributed by atoms with Crippen molar-refractivity contribution < 1.29 is 9.90 Å². The number of carboxylic acid groups (broad SMARTS) is 1. The molecule has 0 saturated carbocycles. The molecule has 0 unspecified atom stereocenters. The van der Waals surface area contributed by atoms with Gasteiger partial charge >= 0.3 is 5.97 Å². The molecule has 4 heteroatoms. The van der Waals surface area contributed by atoms with E-state index in [4.69, 9.17) is 5.11 Å². The summed E-state index contributed by atoms with van der Waals surface area (Å²) in [7, 11) is 0. The van der Waals surface area contributed by atoms with Gasteiger partial charge in [-0.05, 0) is 6.42 Å². The molecular formula is C12H20N2O2. The van der Waals surface area contributed by atoms with Gasteiger partial charge in [0.25, 0.3) is 0 Å². The molecule has 0 amide bonds. The molecule has 1 aromatic rings. The first-order valence-electron chi connectivity index (χ1n) is 5.99. The molecule has 0 aliphatic heterocycles. The van der Waals surface area contributed by atoms with Gasteiger partial charge in [-0.1, -0.05) is 39.0 Å². The third-order valence-corrected chi connectivity index (χ3v) is 2.62. The molecule has 0 radical (unpaired) electrons. The van der Waals surface area contributed by atoms with Gasteiger partial charge in [-0.15, -0.1) is 0 Å². The zero-order valence-electron chi connectivity index (χ0n) is 9.85. The number of imidazole rings is 1. The number of hydrogen-bond donors (Lipinski definition) is 1. The van der Waals surface area contributed by atoms with Crippen LogP contribution in [-0.2, 0) is 6.54 Å². The smallest absolute Gasteiger partial charge is 0.356 e. The number of aryl methyl sites for hydroxylation is 1. The van der Waals surface area contributed by atoms with E-state index in [-0.39, 0.29) is 5.69 Å². The standard InChI is InChI=1S/C12H20N2O2/c1-2-3-4-5-6-7-8-14-9-11(12(15)16)13-10-14/h9-10H,2-8H2,1H3,(H,15,16). The van der Waals surface area contributed by atoms with Crippen molar-refractivity contribution in [1.29, 1.82) is 0 Å². The normalized spacial score (nSPS) is 10.6. The number of aromatic nitrogens is 2. The third kappa shape index (κ3) is 4.47. The third-order valence-electron chi connectivity index (χ3n) is 2.62. The Kier molecular flexibility index (Phi) is 5.61. The Labute approximate surface area is 96.3 Å². The molecule has 0 aromatic carbocycles. The summed E-state index contributed by atoms with van der Waals surface area (Å²) in [4.78, 5) is 14.4. The van der Waals surface area contributed by atoms with Gasteiger partial charge in [0.05, 0.1) is 6.33 Å². The highest BCUT2D eigenvalue weighted by molar-refractivity contribution is 5.84. The van der Waals surface area contributed by atoms with Gasteiger partial charge in [0.2, 0.25) is 0 Å². The second kappa shape index (κ2) is 7.04. The Balaban J connectivity index is 2.14. The lowest BCUT2D eigenvalue weighted by molar-refractivity contribution is 0.0691. The summed E-state index contributed by atoms with van der Waals surface area (Å²) in [5.41, 5.74) is 0.131. The van der Waals surface area contributed by atoms with Crippen molar-refractivity contribution in [3.8, 4) is 0 Å². The molecule has 0 aliphatic rings. The topological polar surface area (TPSA) is 55.1 Å². The molecular weight excluding hydrogens is 204 g/mol. The highest BCUT2D eigenvalue weighted by Crippen LogP contribution is 2.06. The molecule has 0 spiro atoms. The van der Waals surface area contributed by atoms with E-state index >= 15 is 0 Å². The molecule has 1 N–H and O–H groups in total. The van der Waals surface area contributed by atoms with Crippen molar-refractivity contribution in [3.63, 3.8) is 0 Å². The van der Waals surface area contributed by atoms with Crippen molar-refractivity contribution in [2.75, 3.05) is 0 Å². The fourth-order valence-electron chi connectivity index (χ4n) is 1.67. The van der Waals surface area contributed by atoms with Gasteiger partial charge in [-0.3, -0.25) is 0 Å². The maximum atomic E-state index is 10.6. The SMILES string of the molecule is CCCCCCCCn1cnc(C(=O)O)c1. The van der Waals surface area contributed by atoms with E-state index in [1.807, 2.05) is 4.57 Å². The van der Waals surface area contributed by atoms with E-state index in [1.54, 1.807) is 12.5 Å². The van der Waals surface area contributed by atoms with Crippen LogP contribution < -0.4 is 0 Å². The monoisotopic (exact) mass is 224 g/mol. The minimum Gasteiger partial charge on any atom is -0.476 e. The quantitative estimate of drug-likeness (QED) is 0.691. The summed E-state index contributed by atoms with van der Waals surface area (Å²) < 4.78 is 1.85. The first kappa shape index (κ1) is 12.7. The molecule has 90 valence electrons. The Bertz CT molecular complexity index is 321. The van der Waals surface area contributed by atoms with Crippen LogP contribution in [0.5, 0.6) is 0 Å². The number of carbonyl (C=O) groups is 1. The minimum absolute atomic E-state index is 0.131. The lowest BCUT2D eigenvalue weighted by atomic mass is 10.1. The van der Waals surface area contributed by atoms with Crippen LogP contribution in [0.4, 0.5) is 0 Å². The summed E-state index contributed by atoms with van der Waals surface area (Å²) in [6.45, 7) is 3.07. The van der Waals surface area contributed by atoms with Crippen LogP contribution in [0.1, 0.15) is 55.9 Å². The van der Waals surface area contributed by atoms with Gasteiger partial charge in [0.1, 0.15) is 0 Å². The maximum absolute atomic E-state index is 10.6. The van der Waals surface area contributed by atoms with Crippen LogP contribution in [0.15, 0.2) is 12.5 Å². The second-order valence-electron chi connectivity index (χ2n) is 4.07. The number of aromatic carboxylic acids is 1. The summed E-state index contributed by atoms with van der Waals surface area (Å²) in [6.07, 6.45) is 10.6. The van der Waals surface area contributed by atoms with Crippen molar-refractivity contribution in [1.82, 2.24) is 9.55 Å². The molecule has 1 aromatic heterocycles. The van der Waals surface area contributed by atoms with Crippen molar-refractivity contribution in [2.24, 2.45) is 0 Å². The first-order chi connectivity index (χ1) is 7.74. The molecule has 1 heterocycles. The molecule has 16 heavy (non-hydrogen) atoms. The largest absolute Gasteiger partial charge is 0.476 e. The summed E-state index contributed by atoms with van der Waals surface area (Å²) >= 11 is 0. The fourth-order valence-corrected chi connectivity index (χ4v) is 1.67. The zero-order valence-corrected chi connectivity index (χ0v) is 9.85. The Morgan fingerprint density at radius 3 is 2.62 bits per heavy atom. The maximum Gasteiger partial charge on any atom is 0.356 e. The molecule has 0 saturated heterocycles. The molecule has 0 aliphatic carbocycles. The average molecular weight is 224 g/mol. The lowest BCUT2D eigenvalue weighted by Gasteiger charge is -2.01. The zero-order chi connectivity index (χ0) is 11.8. The Morgan fingerprint density at radius 1 is 1.31 bits per heavy atom. The molecule has 0 atom stereocenters. The van der Waals surface area contributed by atoms with Crippen molar-refractivity contribution >= 4 is 5.97 Å². The molecule has 4 nitrogen and oxygen atoms in total. The van der Waals surface area contributed by atoms with Crippen LogP contribution >= 0.6 is 0 Å². The predicted molar refractivity (Wildman–Crippen MR) is 62.6 cm³/mol. The lowest BCUT2D eigenvalue weighted by Crippen LogP contribution is -1.97. The van der Waals surface area contributed by atoms with Crippen LogP contribution in [0.2, 0.25) is 0 Å². The fraction of sp³-hybridized carbons (Fsp3) is 0.667. The van der Waals surface area contributed by atoms with Gasteiger partial charge in [0, 0.05) is 12.7 Å². The Morgan fingerprint density at radius 2 is 2.00 bits per heavy atom. The van der Waals surface area contributed by atoms with Crippen LogP contribution in [0.3, 0.4) is 0 Å². The minimum atomic E-state index is -0.957. The van der Waals surface area contributed by atoms with E-state index in [0.29, 0.717) is 0 Å². The van der Waals surface area contributed by atoms with Crippen molar-refractivity contribution in [3.05, 3.63) is 18.2 Å². The number of hydrogen-bond acceptors (Lipinski definition) is 2. The molecule has 0 fully saturated rings. The van der Waals surface area contributed by atoms with Gasteiger partial charge in [0.15, 0.2) is 5.69 Å². The van der Waals surface area contributed by atoms with E-state index < -0.39 is 5.97 Å². The number of rotatable bonds is 8. The highest BCUT2D eigenvalue weighted by atomic mass is 16.4. The average Bonchev–Trinajstić information content (AvgIpc) is 2.72. The van der Waals surface area contributed by atoms with E-state index in [2.05, 4.69) is 11.9 Å². The van der Waals surface area contributed by atoms with E-state index in [9.17, 15) is 4.79 Å². The van der Waals surface area contributed by atoms with Gasteiger partial charge < -0.3 is 9.67 Å². The van der Waals surface area contributed by atoms with E-state index in [1.165, 1.54) is 32.1 Å². The highest BCUT2D eigenvalue weighted by Gasteiger charge is 2.05. The number of unbranched alkanes of at least 4 members (excludes halogenated alkanes) is 5. The number of nitrogens with zero attached hydrogens (tertiary/aromatic N) is 2. The van der Waals surface area contributed by atoms with Crippen LogP contribution in [0, 0.1) is 0 Å². The second-order valence-corrected chi connectivity index (χ2v) is 4.07. The van der Waals surface area contributed by atoms with Gasteiger partial charge in [-0.25, -0.2) is 9.78 Å². The predicted octanol–water partition coefficient (Wildman–Crippen LogP) is 2.94. The first-order valence-corrected chi connectivity index (χ1v) is 5.99. The molecule has 1 rings (SSSR count). The molecule has 0 bridgehead atoms. The van der Waals surface area contributed by atoms with Gasteiger partial charge in [-0.2, -0.15) is 0 Å².